The van der Waals surface area contributed by atoms with Gasteiger partial charge >= 0.3 is 11.4 Å². The minimum absolute atomic E-state index is 0.201. The molecule has 5 heteroatoms. The van der Waals surface area contributed by atoms with Crippen LogP contribution in [0.15, 0.2) is 16.0 Å². The quantitative estimate of drug-likeness (QED) is 0.567. The molecule has 0 bridgehead atoms. The largest absolute Gasteiger partial charge is 0.363 e. The monoisotopic (exact) mass is 189 g/mol. The van der Waals surface area contributed by atoms with Gasteiger partial charge in [-0.05, 0) is 13.8 Å². The topological polar surface area (TPSA) is 72.3 Å². The Kier molecular flexibility index (Phi) is 1.71. The molecule has 1 aromatic rings. The Morgan fingerprint density at radius 1 is 1.64 bits per heavy atom. The zero-order valence-corrected chi connectivity index (χ0v) is 7.90. The summed E-state index contributed by atoms with van der Waals surface area (Å²) in [5.74, 6) is 0.123. The van der Waals surface area contributed by atoms with Crippen LogP contribution in [0.3, 0.4) is 0 Å². The van der Waals surface area contributed by atoms with E-state index in [1.807, 2.05) is 0 Å². The molecule has 0 saturated heterocycles. The Balaban J connectivity index is 2.74. The predicted octanol–water partition coefficient (Wildman–Crippen LogP) is -0.184. The van der Waals surface area contributed by atoms with E-state index in [4.69, 9.17) is 5.26 Å². The van der Waals surface area contributed by atoms with Crippen LogP contribution in [0.25, 0.3) is 0 Å². The van der Waals surface area contributed by atoms with Crippen LogP contribution in [0, 0.1) is 18.3 Å². The molecule has 0 fully saturated rings. The van der Waals surface area contributed by atoms with Crippen molar-refractivity contribution in [3.8, 4) is 6.07 Å². The average molecular weight is 189 g/mol. The Morgan fingerprint density at radius 2 is 2.36 bits per heavy atom. The molecular formula is C9H9N4O+. The van der Waals surface area contributed by atoms with Crippen molar-refractivity contribution < 1.29 is 4.98 Å². The number of aryl methyl sites for hydroxylation is 1. The summed E-state index contributed by atoms with van der Waals surface area (Å²) in [6, 6.07) is 3.56. The fourth-order valence-corrected chi connectivity index (χ4v) is 1.52. The third-order valence-corrected chi connectivity index (χ3v) is 2.18. The van der Waals surface area contributed by atoms with Crippen LogP contribution in [0.4, 0.5) is 0 Å². The molecule has 1 unspecified atom stereocenters. The van der Waals surface area contributed by atoms with Gasteiger partial charge in [0, 0.05) is 0 Å². The minimum Gasteiger partial charge on any atom is -0.245 e. The molecule has 0 spiro atoms. The van der Waals surface area contributed by atoms with Crippen molar-refractivity contribution in [1.82, 2.24) is 4.68 Å². The molecule has 1 atom stereocenters. The summed E-state index contributed by atoms with van der Waals surface area (Å²) < 4.78 is 1.25. The summed E-state index contributed by atoms with van der Waals surface area (Å²) in [6.07, 6.45) is 0. The highest BCUT2D eigenvalue weighted by Gasteiger charge is 2.34. The molecule has 1 aliphatic heterocycles. The number of aromatic nitrogens is 2. The van der Waals surface area contributed by atoms with E-state index in [-0.39, 0.29) is 5.56 Å². The van der Waals surface area contributed by atoms with Crippen molar-refractivity contribution in [1.29, 1.82) is 5.26 Å². The van der Waals surface area contributed by atoms with Crippen LogP contribution in [-0.4, -0.2) is 10.4 Å². The molecular weight excluding hydrogens is 180 g/mol. The standard InChI is InChI=1S/C9H8N4O/c1-5-3-8(14)13-9(11-5)7(4-10)6(2)12-13/h3,7H,1-2H3/p+1. The molecule has 1 N–H and O–H groups in total. The maximum atomic E-state index is 11.5. The minimum atomic E-state index is -0.428. The van der Waals surface area contributed by atoms with Gasteiger partial charge in [-0.1, -0.05) is 9.78 Å². The first kappa shape index (κ1) is 8.63. The summed E-state index contributed by atoms with van der Waals surface area (Å²) in [6.45, 7) is 3.52. The van der Waals surface area contributed by atoms with Crippen molar-refractivity contribution in [2.24, 2.45) is 5.10 Å². The van der Waals surface area contributed by atoms with E-state index >= 15 is 0 Å². The van der Waals surface area contributed by atoms with Crippen molar-refractivity contribution in [3.05, 3.63) is 27.9 Å². The van der Waals surface area contributed by atoms with Gasteiger partial charge in [0.15, 0.2) is 5.92 Å². The molecule has 0 amide bonds. The lowest BCUT2D eigenvalue weighted by molar-refractivity contribution is -0.407. The number of aromatic amines is 1. The molecule has 1 aromatic heterocycles. The molecule has 2 rings (SSSR count). The van der Waals surface area contributed by atoms with E-state index in [2.05, 4.69) is 16.2 Å². The number of fused-ring (bicyclic) bond motifs is 1. The van der Waals surface area contributed by atoms with Crippen LogP contribution in [-0.2, 0) is 0 Å². The normalized spacial score (nSPS) is 18.6. The fourth-order valence-electron chi connectivity index (χ4n) is 1.52. The van der Waals surface area contributed by atoms with Gasteiger partial charge in [0.25, 0.3) is 0 Å². The molecule has 0 saturated carbocycles. The highest BCUT2D eigenvalue weighted by molar-refractivity contribution is 5.91. The number of hydrogen-bond acceptors (Lipinski definition) is 3. The highest BCUT2D eigenvalue weighted by atomic mass is 16.1. The Hall–Kier alpha value is -1.96. The number of hydrogen-bond donors (Lipinski definition) is 0. The molecule has 5 nitrogen and oxygen atoms in total. The zero-order valence-electron chi connectivity index (χ0n) is 7.90. The molecule has 0 aromatic carbocycles. The summed E-state index contributed by atoms with van der Waals surface area (Å²) >= 11 is 0. The number of H-pyrrole nitrogens is 1. The second-order valence-corrected chi connectivity index (χ2v) is 3.29. The lowest BCUT2D eigenvalue weighted by atomic mass is 10.1. The molecule has 0 aliphatic carbocycles. The smallest absolute Gasteiger partial charge is 0.245 e. The van der Waals surface area contributed by atoms with Gasteiger partial charge in [0.2, 0.25) is 0 Å². The Labute approximate surface area is 80.3 Å². The predicted molar refractivity (Wildman–Crippen MR) is 48.9 cm³/mol. The lowest BCUT2D eigenvalue weighted by Crippen LogP contribution is -2.29. The van der Waals surface area contributed by atoms with E-state index in [9.17, 15) is 4.79 Å². The maximum absolute atomic E-state index is 11.5. The van der Waals surface area contributed by atoms with Crippen molar-refractivity contribution >= 4 is 5.71 Å². The molecule has 1 aliphatic rings. The molecule has 70 valence electrons. The highest BCUT2D eigenvalue weighted by Crippen LogP contribution is 2.17. The van der Waals surface area contributed by atoms with Crippen molar-refractivity contribution in [2.75, 3.05) is 0 Å². The first-order valence-corrected chi connectivity index (χ1v) is 4.24. The summed E-state index contributed by atoms with van der Waals surface area (Å²) in [4.78, 5) is 14.5. The van der Waals surface area contributed by atoms with Crippen LogP contribution < -0.4 is 10.5 Å². The van der Waals surface area contributed by atoms with Gasteiger partial charge in [-0.3, -0.25) is 0 Å². The number of nitrogens with zero attached hydrogens (tertiary/aromatic N) is 3. The van der Waals surface area contributed by atoms with Crippen LogP contribution in [0.1, 0.15) is 24.4 Å². The Bertz CT molecular complexity index is 521. The summed E-state index contributed by atoms with van der Waals surface area (Å²) in [5, 5.41) is 12.9. The third-order valence-electron chi connectivity index (χ3n) is 2.18. The third kappa shape index (κ3) is 1.04. The summed E-state index contributed by atoms with van der Waals surface area (Å²) in [7, 11) is 0. The van der Waals surface area contributed by atoms with E-state index < -0.39 is 5.92 Å². The fraction of sp³-hybridized carbons (Fsp3) is 0.333. The van der Waals surface area contributed by atoms with Crippen LogP contribution in [0.5, 0.6) is 0 Å². The lowest BCUT2D eigenvalue weighted by Gasteiger charge is -1.94. The second kappa shape index (κ2) is 2.77. The average Bonchev–Trinajstić information content (AvgIpc) is 2.41. The SMILES string of the molecule is CC1=Nn2c([nH+]c(C)cc2=O)C1C#N. The Morgan fingerprint density at radius 3 is 3.00 bits per heavy atom. The number of nitriles is 1. The van der Waals surface area contributed by atoms with E-state index in [0.29, 0.717) is 11.5 Å². The summed E-state index contributed by atoms with van der Waals surface area (Å²) in [5.41, 5.74) is 1.19. The van der Waals surface area contributed by atoms with E-state index in [0.717, 1.165) is 5.69 Å². The van der Waals surface area contributed by atoms with Crippen molar-refractivity contribution in [2.45, 2.75) is 19.8 Å². The van der Waals surface area contributed by atoms with Gasteiger partial charge < -0.3 is 0 Å². The molecule has 14 heavy (non-hydrogen) atoms. The van der Waals surface area contributed by atoms with Gasteiger partial charge in [0.1, 0.15) is 5.69 Å². The maximum Gasteiger partial charge on any atom is 0.363 e. The van der Waals surface area contributed by atoms with E-state index in [1.165, 1.54) is 10.7 Å². The molecule has 0 radical (unpaired) electrons. The van der Waals surface area contributed by atoms with Gasteiger partial charge in [-0.2, -0.15) is 5.26 Å². The van der Waals surface area contributed by atoms with Crippen LogP contribution >= 0.6 is 0 Å². The van der Waals surface area contributed by atoms with Crippen molar-refractivity contribution in [3.63, 3.8) is 0 Å². The number of rotatable bonds is 0. The molecule has 2 heterocycles. The van der Waals surface area contributed by atoms with Gasteiger partial charge in [0.05, 0.1) is 17.8 Å². The first-order chi connectivity index (χ1) is 6.63. The first-order valence-electron chi connectivity index (χ1n) is 4.24. The van der Waals surface area contributed by atoms with E-state index in [1.54, 1.807) is 13.8 Å². The number of nitrogens with one attached hydrogen (secondary N) is 1. The second-order valence-electron chi connectivity index (χ2n) is 3.29. The zero-order chi connectivity index (χ0) is 10.3. The van der Waals surface area contributed by atoms with Gasteiger partial charge in [-0.15, -0.1) is 0 Å². The van der Waals surface area contributed by atoms with Gasteiger partial charge in [-0.25, -0.2) is 9.78 Å². The van der Waals surface area contributed by atoms with Crippen LogP contribution in [0.2, 0.25) is 0 Å².